The molecule has 1 heterocycles. The van der Waals surface area contributed by atoms with E-state index in [1.165, 1.54) is 30.0 Å². The lowest BCUT2D eigenvalue weighted by atomic mass is 9.96. The van der Waals surface area contributed by atoms with Crippen molar-refractivity contribution in [3.63, 3.8) is 0 Å². The smallest absolute Gasteiger partial charge is 0.416 e. The van der Waals surface area contributed by atoms with Gasteiger partial charge in [-0.25, -0.2) is 4.39 Å². The molecule has 0 bridgehead atoms. The molecule has 13 heteroatoms. The van der Waals surface area contributed by atoms with Gasteiger partial charge >= 0.3 is 6.18 Å². The lowest BCUT2D eigenvalue weighted by molar-refractivity contribution is -0.147. The summed E-state index contributed by atoms with van der Waals surface area (Å²) in [5.41, 5.74) is -0.847. The van der Waals surface area contributed by atoms with Gasteiger partial charge in [-0.05, 0) is 57.0 Å². The molecule has 1 aliphatic rings. The number of benzene rings is 3. The second kappa shape index (κ2) is 13.5. The largest absolute Gasteiger partial charge is 0.508 e. The minimum absolute atomic E-state index is 0.0338. The third-order valence-electron chi connectivity index (χ3n) is 7.74. The Labute approximate surface area is 261 Å². The highest BCUT2D eigenvalue weighted by molar-refractivity contribution is 8.00. The van der Waals surface area contributed by atoms with Crippen molar-refractivity contribution in [1.29, 1.82) is 0 Å². The standard InChI is InChI=1S/C32H33F4N3O5S/c1-18-20(11-7-14-25(18)40)28(42)38-24(15-19-9-5-4-6-10-19)26(41)30(44)39-17-45-31(2,3)27(39)29(43)37-16-21-22(32(34,35)36)12-8-13-23(21)33/h4-14,24,26-27,40-41H,15-17H2,1-3H3,(H,37,43)(H,38,42). The SMILES string of the molecule is Cc1c(O)cccc1C(=O)NC(Cc1ccccc1)C(O)C(=O)N1CSC(C)(C)C1C(=O)NCc1c(F)cccc1C(F)(F)F. The molecular weight excluding hydrogens is 614 g/mol. The molecule has 0 aromatic heterocycles. The van der Waals surface area contributed by atoms with Crippen LogP contribution in [0.1, 0.15) is 46.5 Å². The van der Waals surface area contributed by atoms with Gasteiger partial charge in [-0.2, -0.15) is 13.2 Å². The van der Waals surface area contributed by atoms with Crippen LogP contribution >= 0.6 is 11.8 Å². The maximum atomic E-state index is 14.4. The number of nitrogens with one attached hydrogen (secondary N) is 2. The summed E-state index contributed by atoms with van der Waals surface area (Å²) in [6.07, 6.45) is -6.65. The summed E-state index contributed by atoms with van der Waals surface area (Å²) < 4.78 is 54.0. The summed E-state index contributed by atoms with van der Waals surface area (Å²) in [7, 11) is 0. The van der Waals surface area contributed by atoms with Crippen molar-refractivity contribution in [1.82, 2.24) is 15.5 Å². The van der Waals surface area contributed by atoms with E-state index >= 15 is 0 Å². The van der Waals surface area contributed by atoms with Gasteiger partial charge in [-0.3, -0.25) is 14.4 Å². The first-order valence-corrected chi connectivity index (χ1v) is 15.0. The molecule has 1 fully saturated rings. The summed E-state index contributed by atoms with van der Waals surface area (Å²) in [5.74, 6) is -3.65. The molecule has 0 saturated carbocycles. The number of carbonyl (C=O) groups excluding carboxylic acids is 3. The molecular formula is C32H33F4N3O5S. The number of aliphatic hydroxyl groups excluding tert-OH is 1. The normalized spacial score (nSPS) is 17.4. The number of carbonyl (C=O) groups is 3. The van der Waals surface area contributed by atoms with Gasteiger partial charge in [-0.1, -0.05) is 42.5 Å². The van der Waals surface area contributed by atoms with E-state index in [4.69, 9.17) is 0 Å². The summed E-state index contributed by atoms with van der Waals surface area (Å²) >= 11 is 1.22. The van der Waals surface area contributed by atoms with Crippen LogP contribution in [0.3, 0.4) is 0 Å². The predicted molar refractivity (Wildman–Crippen MR) is 161 cm³/mol. The molecule has 8 nitrogen and oxygen atoms in total. The monoisotopic (exact) mass is 647 g/mol. The number of nitrogens with zero attached hydrogens (tertiary/aromatic N) is 1. The first-order valence-electron chi connectivity index (χ1n) is 14.0. The molecule has 45 heavy (non-hydrogen) atoms. The van der Waals surface area contributed by atoms with E-state index in [1.807, 2.05) is 0 Å². The van der Waals surface area contributed by atoms with Crippen molar-refractivity contribution in [2.75, 3.05) is 5.88 Å². The zero-order valence-corrected chi connectivity index (χ0v) is 25.5. The molecule has 0 aliphatic carbocycles. The lowest BCUT2D eigenvalue weighted by Crippen LogP contribution is -2.58. The van der Waals surface area contributed by atoms with E-state index in [0.29, 0.717) is 17.2 Å². The fourth-order valence-electron chi connectivity index (χ4n) is 5.26. The second-order valence-corrected chi connectivity index (χ2v) is 12.8. The van der Waals surface area contributed by atoms with Crippen LogP contribution in [0.4, 0.5) is 17.6 Å². The molecule has 0 spiro atoms. The number of alkyl halides is 3. The number of phenols is 1. The number of aromatic hydroxyl groups is 1. The van der Waals surface area contributed by atoms with Crippen LogP contribution in [0.15, 0.2) is 66.7 Å². The molecule has 1 aliphatic heterocycles. The molecule has 3 amide bonds. The van der Waals surface area contributed by atoms with E-state index in [-0.39, 0.29) is 23.6 Å². The fraction of sp³-hybridized carbons (Fsp3) is 0.344. The number of thioether (sulfide) groups is 1. The average molecular weight is 648 g/mol. The number of halogens is 4. The summed E-state index contributed by atoms with van der Waals surface area (Å²) in [6.45, 7) is 4.10. The van der Waals surface area contributed by atoms with Gasteiger partial charge in [0.05, 0.1) is 17.5 Å². The molecule has 3 aromatic rings. The Bertz CT molecular complexity index is 1570. The van der Waals surface area contributed by atoms with Crippen molar-refractivity contribution in [2.24, 2.45) is 0 Å². The highest BCUT2D eigenvalue weighted by atomic mass is 32.2. The van der Waals surface area contributed by atoms with E-state index in [1.54, 1.807) is 51.1 Å². The lowest BCUT2D eigenvalue weighted by Gasteiger charge is -2.33. The van der Waals surface area contributed by atoms with E-state index in [2.05, 4.69) is 10.6 Å². The van der Waals surface area contributed by atoms with Crippen LogP contribution in [-0.4, -0.2) is 61.6 Å². The maximum Gasteiger partial charge on any atom is 0.416 e. The van der Waals surface area contributed by atoms with Crippen LogP contribution in [0.5, 0.6) is 5.75 Å². The maximum absolute atomic E-state index is 14.4. The zero-order chi connectivity index (χ0) is 33.1. The van der Waals surface area contributed by atoms with Crippen molar-refractivity contribution in [3.05, 3.63) is 100 Å². The van der Waals surface area contributed by atoms with Crippen molar-refractivity contribution < 1.29 is 42.2 Å². The van der Waals surface area contributed by atoms with Crippen LogP contribution in [-0.2, 0) is 28.7 Å². The number of amides is 3. The Hall–Kier alpha value is -4.10. The average Bonchev–Trinajstić information content (AvgIpc) is 3.31. The first-order chi connectivity index (χ1) is 21.1. The Kier molecular flexibility index (Phi) is 10.1. The summed E-state index contributed by atoms with van der Waals surface area (Å²) in [4.78, 5) is 41.6. The molecule has 1 saturated heterocycles. The molecule has 3 atom stereocenters. The number of hydrogen-bond donors (Lipinski definition) is 4. The Morgan fingerprint density at radius 3 is 2.38 bits per heavy atom. The second-order valence-electron chi connectivity index (χ2n) is 11.2. The van der Waals surface area contributed by atoms with Gasteiger partial charge in [0, 0.05) is 28.0 Å². The van der Waals surface area contributed by atoms with Crippen LogP contribution in [0.2, 0.25) is 0 Å². The van der Waals surface area contributed by atoms with E-state index in [9.17, 15) is 42.2 Å². The molecule has 240 valence electrons. The minimum atomic E-state index is -4.86. The number of hydrogen-bond acceptors (Lipinski definition) is 6. The molecule has 0 radical (unpaired) electrons. The van der Waals surface area contributed by atoms with Gasteiger partial charge < -0.3 is 25.7 Å². The molecule has 4 rings (SSSR count). The topological polar surface area (TPSA) is 119 Å². The van der Waals surface area contributed by atoms with Gasteiger partial charge in [0.25, 0.3) is 11.8 Å². The third kappa shape index (κ3) is 7.59. The van der Waals surface area contributed by atoms with Crippen LogP contribution in [0, 0.1) is 12.7 Å². The molecule has 3 unspecified atom stereocenters. The summed E-state index contributed by atoms with van der Waals surface area (Å²) in [5, 5.41) is 26.5. The Morgan fingerprint density at radius 1 is 1.04 bits per heavy atom. The third-order valence-corrected chi connectivity index (χ3v) is 9.11. The van der Waals surface area contributed by atoms with E-state index in [0.717, 1.165) is 17.0 Å². The van der Waals surface area contributed by atoms with Gasteiger partial charge in [0.1, 0.15) is 17.6 Å². The first kappa shape index (κ1) is 33.8. The summed E-state index contributed by atoms with van der Waals surface area (Å²) in [6, 6.07) is 13.3. The van der Waals surface area contributed by atoms with E-state index < -0.39 is 70.3 Å². The highest BCUT2D eigenvalue weighted by Gasteiger charge is 2.50. The van der Waals surface area contributed by atoms with Gasteiger partial charge in [0.15, 0.2) is 6.10 Å². The van der Waals surface area contributed by atoms with Crippen LogP contribution in [0.25, 0.3) is 0 Å². The number of aliphatic hydroxyl groups is 1. The minimum Gasteiger partial charge on any atom is -0.508 e. The van der Waals surface area contributed by atoms with Crippen molar-refractivity contribution in [2.45, 2.75) is 62.8 Å². The predicted octanol–water partition coefficient (Wildman–Crippen LogP) is 4.56. The molecule has 3 aromatic carbocycles. The Morgan fingerprint density at radius 2 is 1.71 bits per heavy atom. The molecule has 4 N–H and O–H groups in total. The number of phenolic OH excluding ortho intramolecular Hbond substituents is 1. The van der Waals surface area contributed by atoms with Crippen LogP contribution < -0.4 is 10.6 Å². The van der Waals surface area contributed by atoms with Crippen molar-refractivity contribution in [3.8, 4) is 5.75 Å². The number of rotatable bonds is 9. The zero-order valence-electron chi connectivity index (χ0n) is 24.7. The Balaban J connectivity index is 1.58. The highest BCUT2D eigenvalue weighted by Crippen LogP contribution is 2.40. The quantitative estimate of drug-likeness (QED) is 0.253. The van der Waals surface area contributed by atoms with Gasteiger partial charge in [0.2, 0.25) is 5.91 Å². The fourth-order valence-corrected chi connectivity index (χ4v) is 6.40. The van der Waals surface area contributed by atoms with Gasteiger partial charge in [-0.15, -0.1) is 11.8 Å². The van der Waals surface area contributed by atoms with Crippen molar-refractivity contribution >= 4 is 29.5 Å².